The molecule has 35 heavy (non-hydrogen) atoms. The van der Waals surface area contributed by atoms with Crippen LogP contribution in [0, 0.1) is 0 Å². The fourth-order valence-corrected chi connectivity index (χ4v) is 4.54. The first-order valence-corrected chi connectivity index (χ1v) is 15.8. The molecule has 0 saturated carbocycles. The number of aliphatic carboxylic acids is 1. The lowest BCUT2D eigenvalue weighted by atomic mass is 10.0. The average Bonchev–Trinajstić information content (AvgIpc) is 2.85. The molecule has 0 heterocycles. The Morgan fingerprint density at radius 3 is 0.971 bits per heavy atom. The molecule has 0 fully saturated rings. The summed E-state index contributed by atoms with van der Waals surface area (Å²) in [5.74, 6) is -0.655. The van der Waals surface area contributed by atoms with E-state index in [-0.39, 0.29) is 0 Å². The Hall–Kier alpha value is -0.860. The minimum Gasteiger partial charge on any atom is -0.481 e. The first-order valence-electron chi connectivity index (χ1n) is 15.8. The van der Waals surface area contributed by atoms with Crippen LogP contribution in [-0.2, 0) is 9.59 Å². The van der Waals surface area contributed by atoms with Crippen LogP contribution in [0.25, 0.3) is 0 Å². The fraction of sp³-hybridized carbons (Fsp3) is 0.938. The molecule has 0 rings (SSSR count). The zero-order valence-electron chi connectivity index (χ0n) is 24.1. The van der Waals surface area contributed by atoms with E-state index in [1.807, 2.05) is 0 Å². The zero-order chi connectivity index (χ0) is 26.1. The summed E-state index contributed by atoms with van der Waals surface area (Å²) in [5, 5.41) is 8.49. The number of carbonyl (C=O) groups is 2. The van der Waals surface area contributed by atoms with Crippen molar-refractivity contribution in [1.82, 2.24) is 0 Å². The third-order valence-electron chi connectivity index (χ3n) is 6.92. The van der Waals surface area contributed by atoms with E-state index in [4.69, 9.17) is 5.11 Å². The summed E-state index contributed by atoms with van der Waals surface area (Å²) in [6, 6.07) is 0. The average molecular weight is 497 g/mol. The summed E-state index contributed by atoms with van der Waals surface area (Å²) >= 11 is 0. The molecule has 0 radical (unpaired) electrons. The van der Waals surface area contributed by atoms with E-state index in [0.29, 0.717) is 6.42 Å². The predicted molar refractivity (Wildman–Crippen MR) is 154 cm³/mol. The van der Waals surface area contributed by atoms with Crippen LogP contribution in [0.5, 0.6) is 0 Å². The third kappa shape index (κ3) is 40.6. The maximum absolute atomic E-state index is 10.3. The molecule has 0 saturated heterocycles. The van der Waals surface area contributed by atoms with Gasteiger partial charge in [-0.15, -0.1) is 0 Å². The molecule has 1 N–H and O–H groups in total. The van der Waals surface area contributed by atoms with Gasteiger partial charge in [0.2, 0.25) is 0 Å². The maximum atomic E-state index is 10.3. The molecule has 210 valence electrons. The minimum atomic E-state index is -0.655. The Bertz CT molecular complexity index is 394. The third-order valence-corrected chi connectivity index (χ3v) is 6.92. The van der Waals surface area contributed by atoms with Crippen molar-refractivity contribution in [2.24, 2.45) is 0 Å². The molecular formula is C32H64O3. The van der Waals surface area contributed by atoms with Crippen LogP contribution in [-0.4, -0.2) is 17.4 Å². The van der Waals surface area contributed by atoms with Crippen molar-refractivity contribution in [3.05, 3.63) is 0 Å². The Morgan fingerprint density at radius 2 is 0.714 bits per heavy atom. The highest BCUT2D eigenvalue weighted by atomic mass is 16.4. The van der Waals surface area contributed by atoms with Crippen LogP contribution in [0.15, 0.2) is 0 Å². The molecule has 0 aliphatic rings. The van der Waals surface area contributed by atoms with Crippen molar-refractivity contribution < 1.29 is 14.7 Å². The van der Waals surface area contributed by atoms with Crippen molar-refractivity contribution in [2.45, 2.75) is 194 Å². The smallest absolute Gasteiger partial charge is 0.303 e. The van der Waals surface area contributed by atoms with Crippen LogP contribution in [0.2, 0.25) is 0 Å². The fourth-order valence-electron chi connectivity index (χ4n) is 4.54. The van der Waals surface area contributed by atoms with Crippen molar-refractivity contribution in [3.8, 4) is 0 Å². The number of unbranched alkanes of at least 4 members (excludes halogenated alkanes) is 25. The van der Waals surface area contributed by atoms with Crippen molar-refractivity contribution in [1.29, 1.82) is 0 Å². The van der Waals surface area contributed by atoms with E-state index in [1.54, 1.807) is 0 Å². The molecule has 0 aromatic rings. The highest BCUT2D eigenvalue weighted by Gasteiger charge is 1.97. The largest absolute Gasteiger partial charge is 0.481 e. The van der Waals surface area contributed by atoms with Gasteiger partial charge in [0.1, 0.15) is 6.29 Å². The van der Waals surface area contributed by atoms with E-state index < -0.39 is 5.97 Å². The lowest BCUT2D eigenvalue weighted by Gasteiger charge is -2.02. The van der Waals surface area contributed by atoms with Crippen molar-refractivity contribution in [3.63, 3.8) is 0 Å². The second kappa shape index (κ2) is 35.3. The second-order valence-corrected chi connectivity index (χ2v) is 10.6. The summed E-state index contributed by atoms with van der Waals surface area (Å²) in [5.41, 5.74) is 0. The Labute approximate surface area is 220 Å². The quantitative estimate of drug-likeness (QED) is 0.0865. The van der Waals surface area contributed by atoms with Gasteiger partial charge in [0.25, 0.3) is 0 Å². The molecule has 0 unspecified atom stereocenters. The summed E-state index contributed by atoms with van der Waals surface area (Å²) in [7, 11) is 0. The molecule has 0 spiro atoms. The number of carbonyl (C=O) groups excluding carboxylic acids is 1. The lowest BCUT2D eigenvalue weighted by molar-refractivity contribution is -0.137. The van der Waals surface area contributed by atoms with Gasteiger partial charge >= 0.3 is 5.97 Å². The van der Waals surface area contributed by atoms with Crippen LogP contribution in [0.4, 0.5) is 0 Å². The monoisotopic (exact) mass is 496 g/mol. The van der Waals surface area contributed by atoms with Gasteiger partial charge in [-0.25, -0.2) is 0 Å². The minimum absolute atomic E-state index is 0.345. The van der Waals surface area contributed by atoms with Crippen LogP contribution < -0.4 is 0 Å². The van der Waals surface area contributed by atoms with E-state index in [1.165, 1.54) is 148 Å². The number of carboxylic acid groups (broad SMARTS) is 1. The highest BCUT2D eigenvalue weighted by Crippen LogP contribution is 2.14. The van der Waals surface area contributed by atoms with Gasteiger partial charge in [-0.2, -0.15) is 0 Å². The molecular weight excluding hydrogens is 432 g/mol. The number of hydrogen-bond acceptors (Lipinski definition) is 2. The molecule has 0 aromatic heterocycles. The number of hydrogen-bond donors (Lipinski definition) is 1. The normalized spacial score (nSPS) is 10.7. The van der Waals surface area contributed by atoms with E-state index >= 15 is 0 Å². The Morgan fingerprint density at radius 1 is 0.457 bits per heavy atom. The molecule has 0 aliphatic carbocycles. The van der Waals surface area contributed by atoms with Gasteiger partial charge in [-0.3, -0.25) is 4.79 Å². The predicted octanol–water partition coefficient (Wildman–Crippen LogP) is 11.2. The summed E-state index contributed by atoms with van der Waals surface area (Å²) in [4.78, 5) is 20.4. The zero-order valence-corrected chi connectivity index (χ0v) is 24.1. The lowest BCUT2D eigenvalue weighted by Crippen LogP contribution is -1.93. The van der Waals surface area contributed by atoms with Crippen molar-refractivity contribution in [2.75, 3.05) is 0 Å². The van der Waals surface area contributed by atoms with Gasteiger partial charge < -0.3 is 9.90 Å². The highest BCUT2D eigenvalue weighted by molar-refractivity contribution is 5.66. The topological polar surface area (TPSA) is 54.4 Å². The maximum Gasteiger partial charge on any atom is 0.303 e. The van der Waals surface area contributed by atoms with Gasteiger partial charge in [-0.1, -0.05) is 168 Å². The second-order valence-electron chi connectivity index (χ2n) is 10.6. The Kier molecular flexibility index (Phi) is 36.6. The summed E-state index contributed by atoms with van der Waals surface area (Å²) < 4.78 is 0. The molecule has 0 aliphatic heterocycles. The SMILES string of the molecule is CCCCCCCCCCCCCCCC(=O)O.CCCCCCCCCCCCCCCC=O. The van der Waals surface area contributed by atoms with Gasteiger partial charge in [0, 0.05) is 12.8 Å². The molecule has 0 atom stereocenters. The van der Waals surface area contributed by atoms with Crippen molar-refractivity contribution >= 4 is 12.3 Å². The van der Waals surface area contributed by atoms with Crippen LogP contribution in [0.3, 0.4) is 0 Å². The Balaban J connectivity index is 0. The number of rotatable bonds is 28. The molecule has 3 nitrogen and oxygen atoms in total. The molecule has 0 aromatic carbocycles. The summed E-state index contributed by atoms with van der Waals surface area (Å²) in [6.45, 7) is 4.53. The van der Waals surface area contributed by atoms with Crippen LogP contribution >= 0.6 is 0 Å². The molecule has 0 amide bonds. The first-order chi connectivity index (χ1) is 17.2. The number of carboxylic acids is 1. The van der Waals surface area contributed by atoms with Gasteiger partial charge in [-0.05, 0) is 12.8 Å². The number of aldehydes is 1. The standard InChI is InChI=1S/C16H32O2.C16H32O/c1-2-3-4-5-6-7-8-9-10-11-12-13-14-15-16(17)18;1-2-3-4-5-6-7-8-9-10-11-12-13-14-15-16-17/h2-15H2,1H3,(H,17,18);16H,2-15H2,1H3. The summed E-state index contributed by atoms with van der Waals surface area (Å²) in [6.07, 6.45) is 36.9. The van der Waals surface area contributed by atoms with E-state index in [2.05, 4.69) is 13.8 Å². The molecule has 3 heteroatoms. The molecule has 0 bridgehead atoms. The van der Waals surface area contributed by atoms with Crippen LogP contribution in [0.1, 0.15) is 194 Å². The van der Waals surface area contributed by atoms with E-state index in [9.17, 15) is 9.59 Å². The van der Waals surface area contributed by atoms with Gasteiger partial charge in [0.05, 0.1) is 0 Å². The van der Waals surface area contributed by atoms with E-state index in [0.717, 1.165) is 32.0 Å². The van der Waals surface area contributed by atoms with Gasteiger partial charge in [0.15, 0.2) is 0 Å². The first kappa shape index (κ1) is 36.3.